The van der Waals surface area contributed by atoms with Gasteiger partial charge in [-0.05, 0) is 37.3 Å². The predicted octanol–water partition coefficient (Wildman–Crippen LogP) is 3.77. The van der Waals surface area contributed by atoms with Crippen LogP contribution in [0.2, 0.25) is 5.02 Å². The SMILES string of the molecule is COc1ccccc1CN(C)C(=O)[C@@H](C)Oc1ccc(Cl)cc1. The summed E-state index contributed by atoms with van der Waals surface area (Å²) in [4.78, 5) is 14.1. The van der Waals surface area contributed by atoms with Gasteiger partial charge in [0.1, 0.15) is 11.5 Å². The van der Waals surface area contributed by atoms with Gasteiger partial charge in [0.25, 0.3) is 5.91 Å². The highest BCUT2D eigenvalue weighted by Crippen LogP contribution is 2.20. The van der Waals surface area contributed by atoms with E-state index in [4.69, 9.17) is 21.1 Å². The lowest BCUT2D eigenvalue weighted by Crippen LogP contribution is -2.37. The van der Waals surface area contributed by atoms with E-state index >= 15 is 0 Å². The molecule has 2 aromatic rings. The summed E-state index contributed by atoms with van der Waals surface area (Å²) in [5.41, 5.74) is 0.949. The number of rotatable bonds is 6. The number of amides is 1. The number of carbonyl (C=O) groups is 1. The standard InChI is InChI=1S/C18H20ClNO3/c1-13(23-16-10-8-15(19)9-11-16)18(21)20(2)12-14-6-4-5-7-17(14)22-3/h4-11,13H,12H2,1-3H3/t13-/m1/s1. The summed E-state index contributed by atoms with van der Waals surface area (Å²) in [6, 6.07) is 14.6. The number of ether oxygens (including phenoxy) is 2. The van der Waals surface area contributed by atoms with E-state index < -0.39 is 6.10 Å². The van der Waals surface area contributed by atoms with Crippen LogP contribution in [0, 0.1) is 0 Å². The van der Waals surface area contributed by atoms with Gasteiger partial charge in [-0.15, -0.1) is 0 Å². The summed E-state index contributed by atoms with van der Waals surface area (Å²) < 4.78 is 11.0. The van der Waals surface area contributed by atoms with Crippen LogP contribution in [0.3, 0.4) is 0 Å². The lowest BCUT2D eigenvalue weighted by atomic mass is 10.2. The van der Waals surface area contributed by atoms with E-state index in [2.05, 4.69) is 0 Å². The highest BCUT2D eigenvalue weighted by atomic mass is 35.5. The number of likely N-dealkylation sites (N-methyl/N-ethyl adjacent to an activating group) is 1. The summed E-state index contributed by atoms with van der Waals surface area (Å²) in [5.74, 6) is 1.27. The van der Waals surface area contributed by atoms with Gasteiger partial charge in [0, 0.05) is 24.2 Å². The highest BCUT2D eigenvalue weighted by molar-refractivity contribution is 6.30. The van der Waals surface area contributed by atoms with Gasteiger partial charge in [0.15, 0.2) is 6.10 Å². The summed E-state index contributed by atoms with van der Waals surface area (Å²) in [6.45, 7) is 2.19. The van der Waals surface area contributed by atoms with Crippen molar-refractivity contribution in [3.8, 4) is 11.5 Å². The smallest absolute Gasteiger partial charge is 0.263 e. The van der Waals surface area contributed by atoms with Crippen LogP contribution in [0.4, 0.5) is 0 Å². The molecule has 4 nitrogen and oxygen atoms in total. The molecule has 23 heavy (non-hydrogen) atoms. The molecule has 0 N–H and O–H groups in total. The summed E-state index contributed by atoms with van der Waals surface area (Å²) in [6.07, 6.45) is -0.587. The van der Waals surface area contributed by atoms with Gasteiger partial charge in [-0.25, -0.2) is 0 Å². The molecule has 0 aliphatic heterocycles. The van der Waals surface area contributed by atoms with Crippen molar-refractivity contribution in [3.05, 3.63) is 59.1 Å². The van der Waals surface area contributed by atoms with E-state index in [0.717, 1.165) is 11.3 Å². The number of hydrogen-bond acceptors (Lipinski definition) is 3. The van der Waals surface area contributed by atoms with Crippen LogP contribution in [0.1, 0.15) is 12.5 Å². The Balaban J connectivity index is 1.99. The first-order chi connectivity index (χ1) is 11.0. The van der Waals surface area contributed by atoms with Crippen LogP contribution in [0.15, 0.2) is 48.5 Å². The van der Waals surface area contributed by atoms with E-state index in [1.54, 1.807) is 50.2 Å². The van der Waals surface area contributed by atoms with Crippen molar-refractivity contribution in [1.82, 2.24) is 4.90 Å². The van der Waals surface area contributed by atoms with E-state index in [0.29, 0.717) is 17.3 Å². The molecule has 0 heterocycles. The number of benzene rings is 2. The highest BCUT2D eigenvalue weighted by Gasteiger charge is 2.20. The average Bonchev–Trinajstić information content (AvgIpc) is 2.56. The van der Waals surface area contributed by atoms with Crippen molar-refractivity contribution in [2.24, 2.45) is 0 Å². The molecule has 2 aromatic carbocycles. The Morgan fingerprint density at radius 3 is 2.48 bits per heavy atom. The van der Waals surface area contributed by atoms with Gasteiger partial charge in [0.2, 0.25) is 0 Å². The minimum Gasteiger partial charge on any atom is -0.496 e. The molecule has 1 amide bonds. The third-order valence-electron chi connectivity index (χ3n) is 3.45. The lowest BCUT2D eigenvalue weighted by molar-refractivity contribution is -0.137. The fourth-order valence-corrected chi connectivity index (χ4v) is 2.37. The zero-order valence-corrected chi connectivity index (χ0v) is 14.2. The van der Waals surface area contributed by atoms with E-state index in [9.17, 15) is 4.79 Å². The van der Waals surface area contributed by atoms with Crippen molar-refractivity contribution in [3.63, 3.8) is 0 Å². The second kappa shape index (κ2) is 7.88. The zero-order valence-electron chi connectivity index (χ0n) is 13.5. The third-order valence-corrected chi connectivity index (χ3v) is 3.70. The van der Waals surface area contributed by atoms with Gasteiger partial charge in [-0.1, -0.05) is 29.8 Å². The van der Waals surface area contributed by atoms with E-state index in [1.165, 1.54) is 0 Å². The second-order valence-electron chi connectivity index (χ2n) is 5.22. The summed E-state index contributed by atoms with van der Waals surface area (Å²) in [5, 5.41) is 0.629. The zero-order chi connectivity index (χ0) is 16.8. The molecule has 1 atom stereocenters. The van der Waals surface area contributed by atoms with Gasteiger partial charge in [0.05, 0.1) is 7.11 Å². The van der Waals surface area contributed by atoms with Crippen molar-refractivity contribution in [2.75, 3.05) is 14.2 Å². The number of para-hydroxylation sites is 1. The van der Waals surface area contributed by atoms with Crippen LogP contribution in [-0.4, -0.2) is 31.1 Å². The number of hydrogen-bond donors (Lipinski definition) is 0. The third kappa shape index (κ3) is 4.63. The fourth-order valence-electron chi connectivity index (χ4n) is 2.25. The minimum atomic E-state index is -0.587. The number of nitrogens with zero attached hydrogens (tertiary/aromatic N) is 1. The first kappa shape index (κ1) is 17.2. The largest absolute Gasteiger partial charge is 0.496 e. The molecule has 5 heteroatoms. The summed E-state index contributed by atoms with van der Waals surface area (Å²) in [7, 11) is 3.36. The second-order valence-corrected chi connectivity index (χ2v) is 5.66. The van der Waals surface area contributed by atoms with Crippen LogP contribution >= 0.6 is 11.6 Å². The normalized spacial score (nSPS) is 11.7. The maximum atomic E-state index is 12.5. The predicted molar refractivity (Wildman–Crippen MR) is 91.0 cm³/mol. The van der Waals surface area contributed by atoms with Crippen LogP contribution in [0.25, 0.3) is 0 Å². The number of methoxy groups -OCH3 is 1. The van der Waals surface area contributed by atoms with Crippen LogP contribution in [0.5, 0.6) is 11.5 Å². The fraction of sp³-hybridized carbons (Fsp3) is 0.278. The van der Waals surface area contributed by atoms with Crippen molar-refractivity contribution in [2.45, 2.75) is 19.6 Å². The minimum absolute atomic E-state index is 0.106. The molecule has 0 saturated heterocycles. The monoisotopic (exact) mass is 333 g/mol. The Hall–Kier alpha value is -2.20. The molecule has 0 bridgehead atoms. The molecule has 0 spiro atoms. The molecule has 0 saturated carbocycles. The Morgan fingerprint density at radius 2 is 1.83 bits per heavy atom. The van der Waals surface area contributed by atoms with Crippen LogP contribution < -0.4 is 9.47 Å². The molecule has 0 aliphatic carbocycles. The van der Waals surface area contributed by atoms with E-state index in [-0.39, 0.29) is 5.91 Å². The molecule has 2 rings (SSSR count). The molecular formula is C18H20ClNO3. The Bertz CT molecular complexity index is 658. The van der Waals surface area contributed by atoms with Gasteiger partial charge < -0.3 is 14.4 Å². The Kier molecular flexibility index (Phi) is 5.88. The molecule has 0 aliphatic rings. The Labute approximate surface area is 141 Å². The van der Waals surface area contributed by atoms with Gasteiger partial charge in [-0.3, -0.25) is 4.79 Å². The van der Waals surface area contributed by atoms with Crippen molar-refractivity contribution in [1.29, 1.82) is 0 Å². The quantitative estimate of drug-likeness (QED) is 0.807. The molecule has 0 fully saturated rings. The maximum Gasteiger partial charge on any atom is 0.263 e. The van der Waals surface area contributed by atoms with Crippen LogP contribution in [-0.2, 0) is 11.3 Å². The first-order valence-corrected chi connectivity index (χ1v) is 7.68. The van der Waals surface area contributed by atoms with Crippen molar-refractivity contribution < 1.29 is 14.3 Å². The maximum absolute atomic E-state index is 12.5. The van der Waals surface area contributed by atoms with Gasteiger partial charge >= 0.3 is 0 Å². The molecule has 0 unspecified atom stereocenters. The average molecular weight is 334 g/mol. The topological polar surface area (TPSA) is 38.8 Å². The molecule has 122 valence electrons. The molecule has 0 radical (unpaired) electrons. The summed E-state index contributed by atoms with van der Waals surface area (Å²) >= 11 is 5.84. The first-order valence-electron chi connectivity index (χ1n) is 7.30. The van der Waals surface area contributed by atoms with E-state index in [1.807, 2.05) is 24.3 Å². The molecule has 0 aromatic heterocycles. The molecular weight excluding hydrogens is 314 g/mol. The lowest BCUT2D eigenvalue weighted by Gasteiger charge is -2.23. The number of halogens is 1. The van der Waals surface area contributed by atoms with Gasteiger partial charge in [-0.2, -0.15) is 0 Å². The Morgan fingerprint density at radius 1 is 1.17 bits per heavy atom. The van der Waals surface area contributed by atoms with Crippen molar-refractivity contribution >= 4 is 17.5 Å². The number of carbonyl (C=O) groups excluding carboxylic acids is 1.